The monoisotopic (exact) mass is 477 g/mol. The molecular formula is C20H21Br2N3O. The van der Waals surface area contributed by atoms with E-state index in [1.54, 1.807) is 6.21 Å². The summed E-state index contributed by atoms with van der Waals surface area (Å²) >= 11 is 6.88. The fourth-order valence-corrected chi connectivity index (χ4v) is 3.73. The van der Waals surface area contributed by atoms with Crippen molar-refractivity contribution < 1.29 is 4.79 Å². The molecule has 0 aliphatic carbocycles. The highest BCUT2D eigenvalue weighted by Gasteiger charge is 2.24. The molecule has 1 saturated heterocycles. The predicted octanol–water partition coefficient (Wildman–Crippen LogP) is 4.57. The third-order valence-electron chi connectivity index (χ3n) is 4.51. The van der Waals surface area contributed by atoms with Crippen LogP contribution in [0.4, 0.5) is 0 Å². The van der Waals surface area contributed by atoms with Crippen molar-refractivity contribution in [1.82, 2.24) is 10.3 Å². The number of hydrogen-bond donors (Lipinski definition) is 1. The number of carbonyl (C=O) groups is 1. The van der Waals surface area contributed by atoms with Gasteiger partial charge in [-0.25, -0.2) is 5.43 Å². The fourth-order valence-electron chi connectivity index (χ4n) is 3.05. The molecule has 0 spiro atoms. The van der Waals surface area contributed by atoms with Gasteiger partial charge in [0.15, 0.2) is 0 Å². The molecule has 6 heteroatoms. The summed E-state index contributed by atoms with van der Waals surface area (Å²) in [7, 11) is 0. The van der Waals surface area contributed by atoms with Crippen LogP contribution in [0, 0.1) is 5.92 Å². The summed E-state index contributed by atoms with van der Waals surface area (Å²) in [5, 5.41) is 4.09. The maximum Gasteiger partial charge on any atom is 0.243 e. The van der Waals surface area contributed by atoms with Crippen molar-refractivity contribution in [3.8, 4) is 0 Å². The van der Waals surface area contributed by atoms with E-state index in [1.165, 1.54) is 5.56 Å². The molecule has 136 valence electrons. The van der Waals surface area contributed by atoms with Crippen LogP contribution in [-0.2, 0) is 11.3 Å². The van der Waals surface area contributed by atoms with Gasteiger partial charge in [0.25, 0.3) is 0 Å². The van der Waals surface area contributed by atoms with E-state index in [0.717, 1.165) is 47.0 Å². The zero-order valence-electron chi connectivity index (χ0n) is 14.4. The lowest BCUT2D eigenvalue weighted by Crippen LogP contribution is -2.39. The molecule has 1 amide bonds. The number of amides is 1. The number of piperidine rings is 1. The summed E-state index contributed by atoms with van der Waals surface area (Å²) in [5.74, 6) is 0.0513. The van der Waals surface area contributed by atoms with E-state index in [4.69, 9.17) is 0 Å². The second kappa shape index (κ2) is 9.44. The molecule has 1 aliphatic rings. The standard InChI is InChI=1S/C20H21Br2N3O/c21-18-6-4-15(5-7-18)14-25-10-8-17(9-11-25)20(26)24-23-13-16-2-1-3-19(22)12-16/h1-7,12-13,17H,8-11,14H2,(H,24,26). The Bertz CT molecular complexity index is 769. The minimum atomic E-state index is 0.0135. The molecule has 0 unspecified atom stereocenters. The SMILES string of the molecule is O=C(NN=Cc1cccc(Br)c1)C1CCN(Cc2ccc(Br)cc2)CC1. The van der Waals surface area contributed by atoms with Gasteiger partial charge in [0.2, 0.25) is 5.91 Å². The Morgan fingerprint density at radius 3 is 2.54 bits per heavy atom. The molecule has 0 bridgehead atoms. The highest BCUT2D eigenvalue weighted by molar-refractivity contribution is 9.10. The van der Waals surface area contributed by atoms with Crippen LogP contribution in [0.25, 0.3) is 0 Å². The van der Waals surface area contributed by atoms with Crippen LogP contribution < -0.4 is 5.43 Å². The Morgan fingerprint density at radius 2 is 1.85 bits per heavy atom. The van der Waals surface area contributed by atoms with Gasteiger partial charge in [-0.3, -0.25) is 9.69 Å². The number of benzene rings is 2. The molecule has 2 aromatic carbocycles. The lowest BCUT2D eigenvalue weighted by atomic mass is 9.96. The van der Waals surface area contributed by atoms with Gasteiger partial charge in [0.1, 0.15) is 0 Å². The van der Waals surface area contributed by atoms with E-state index in [2.05, 4.69) is 71.6 Å². The van der Waals surface area contributed by atoms with Crippen molar-refractivity contribution in [3.63, 3.8) is 0 Å². The lowest BCUT2D eigenvalue weighted by molar-refractivity contribution is -0.126. The van der Waals surface area contributed by atoms with E-state index in [1.807, 2.05) is 24.3 Å². The van der Waals surface area contributed by atoms with Crippen molar-refractivity contribution in [3.05, 3.63) is 68.6 Å². The number of nitrogens with zero attached hydrogens (tertiary/aromatic N) is 2. The van der Waals surface area contributed by atoms with Gasteiger partial charge in [-0.15, -0.1) is 0 Å². The van der Waals surface area contributed by atoms with E-state index < -0.39 is 0 Å². The zero-order valence-corrected chi connectivity index (χ0v) is 17.5. The molecule has 2 aromatic rings. The first-order chi connectivity index (χ1) is 12.6. The maximum absolute atomic E-state index is 12.3. The molecule has 0 atom stereocenters. The summed E-state index contributed by atoms with van der Waals surface area (Å²) in [4.78, 5) is 14.7. The number of hydrogen-bond acceptors (Lipinski definition) is 3. The summed E-state index contributed by atoms with van der Waals surface area (Å²) in [5.41, 5.74) is 4.93. The summed E-state index contributed by atoms with van der Waals surface area (Å²) in [6.07, 6.45) is 3.41. The Hall–Kier alpha value is -1.50. The number of carbonyl (C=O) groups excluding carboxylic acids is 1. The minimum absolute atomic E-state index is 0.0135. The molecule has 1 N–H and O–H groups in total. The van der Waals surface area contributed by atoms with Crippen LogP contribution in [0.5, 0.6) is 0 Å². The summed E-state index contributed by atoms with van der Waals surface area (Å²) in [6, 6.07) is 16.2. The van der Waals surface area contributed by atoms with E-state index in [9.17, 15) is 4.79 Å². The van der Waals surface area contributed by atoms with Gasteiger partial charge in [-0.2, -0.15) is 5.10 Å². The van der Waals surface area contributed by atoms with Gasteiger partial charge in [-0.1, -0.05) is 56.1 Å². The van der Waals surface area contributed by atoms with Crippen molar-refractivity contribution in [2.75, 3.05) is 13.1 Å². The molecular weight excluding hydrogens is 458 g/mol. The van der Waals surface area contributed by atoms with Crippen molar-refractivity contribution in [2.24, 2.45) is 11.0 Å². The predicted molar refractivity (Wildman–Crippen MR) is 112 cm³/mol. The molecule has 1 fully saturated rings. The van der Waals surface area contributed by atoms with Gasteiger partial charge in [0, 0.05) is 21.4 Å². The summed E-state index contributed by atoms with van der Waals surface area (Å²) < 4.78 is 2.09. The average molecular weight is 479 g/mol. The molecule has 1 heterocycles. The second-order valence-electron chi connectivity index (χ2n) is 6.47. The third-order valence-corrected chi connectivity index (χ3v) is 5.54. The van der Waals surface area contributed by atoms with E-state index in [-0.39, 0.29) is 11.8 Å². The number of halogens is 2. The number of hydrazone groups is 1. The number of likely N-dealkylation sites (tertiary alicyclic amines) is 1. The Morgan fingerprint density at radius 1 is 1.12 bits per heavy atom. The van der Waals surface area contributed by atoms with Crippen LogP contribution in [0.2, 0.25) is 0 Å². The fraction of sp³-hybridized carbons (Fsp3) is 0.300. The Labute approximate surface area is 170 Å². The van der Waals surface area contributed by atoms with E-state index >= 15 is 0 Å². The first kappa shape index (κ1) is 19.3. The Kier molecular flexibility index (Phi) is 7.00. The quantitative estimate of drug-likeness (QED) is 0.505. The van der Waals surface area contributed by atoms with Crippen LogP contribution in [-0.4, -0.2) is 30.1 Å². The highest BCUT2D eigenvalue weighted by Crippen LogP contribution is 2.20. The third kappa shape index (κ3) is 5.76. The smallest absolute Gasteiger partial charge is 0.243 e. The topological polar surface area (TPSA) is 44.7 Å². The largest absolute Gasteiger partial charge is 0.299 e. The minimum Gasteiger partial charge on any atom is -0.299 e. The van der Waals surface area contributed by atoms with E-state index in [0.29, 0.717) is 0 Å². The number of rotatable bonds is 5. The zero-order chi connectivity index (χ0) is 18.4. The molecule has 0 aromatic heterocycles. The van der Waals surface area contributed by atoms with Crippen LogP contribution in [0.3, 0.4) is 0 Å². The van der Waals surface area contributed by atoms with Gasteiger partial charge < -0.3 is 0 Å². The van der Waals surface area contributed by atoms with Gasteiger partial charge in [-0.05, 0) is 61.3 Å². The normalized spacial score (nSPS) is 16.1. The van der Waals surface area contributed by atoms with Crippen molar-refractivity contribution in [1.29, 1.82) is 0 Å². The van der Waals surface area contributed by atoms with Crippen molar-refractivity contribution in [2.45, 2.75) is 19.4 Å². The highest BCUT2D eigenvalue weighted by atomic mass is 79.9. The summed E-state index contributed by atoms with van der Waals surface area (Å²) in [6.45, 7) is 2.80. The van der Waals surface area contributed by atoms with Crippen molar-refractivity contribution >= 4 is 44.0 Å². The van der Waals surface area contributed by atoms with Gasteiger partial charge >= 0.3 is 0 Å². The average Bonchev–Trinajstić information content (AvgIpc) is 2.64. The molecule has 4 nitrogen and oxygen atoms in total. The first-order valence-electron chi connectivity index (χ1n) is 8.65. The number of nitrogens with one attached hydrogen (secondary N) is 1. The first-order valence-corrected chi connectivity index (χ1v) is 10.2. The second-order valence-corrected chi connectivity index (χ2v) is 8.30. The van der Waals surface area contributed by atoms with Crippen LogP contribution in [0.1, 0.15) is 24.0 Å². The maximum atomic E-state index is 12.3. The Balaban J connectivity index is 1.43. The van der Waals surface area contributed by atoms with Crippen LogP contribution >= 0.6 is 31.9 Å². The van der Waals surface area contributed by atoms with Crippen LogP contribution in [0.15, 0.2) is 62.6 Å². The lowest BCUT2D eigenvalue weighted by Gasteiger charge is -2.30. The molecule has 1 aliphatic heterocycles. The van der Waals surface area contributed by atoms with Gasteiger partial charge in [0.05, 0.1) is 6.21 Å². The molecule has 3 rings (SSSR count). The molecule has 0 saturated carbocycles. The molecule has 26 heavy (non-hydrogen) atoms. The molecule has 0 radical (unpaired) electrons.